The highest BCUT2D eigenvalue weighted by Gasteiger charge is 2.25. The summed E-state index contributed by atoms with van der Waals surface area (Å²) in [6, 6.07) is 3.43. The van der Waals surface area contributed by atoms with Gasteiger partial charge in [-0.3, -0.25) is 4.79 Å². The quantitative estimate of drug-likeness (QED) is 0.728. The molecule has 2 aliphatic rings. The second-order valence-corrected chi connectivity index (χ2v) is 6.86. The van der Waals surface area contributed by atoms with Crippen LogP contribution < -0.4 is 0 Å². The number of fused-ring (bicyclic) bond motifs is 1. The second kappa shape index (κ2) is 8.01. The molecule has 0 radical (unpaired) electrons. The molecule has 0 saturated carbocycles. The molecule has 0 unspecified atom stereocenters. The first-order chi connectivity index (χ1) is 12.8. The van der Waals surface area contributed by atoms with Gasteiger partial charge in [0, 0.05) is 19.6 Å². The van der Waals surface area contributed by atoms with Gasteiger partial charge < -0.3 is 19.0 Å². The Bertz CT molecular complexity index is 721. The van der Waals surface area contributed by atoms with Crippen molar-refractivity contribution in [1.29, 1.82) is 0 Å². The first kappa shape index (κ1) is 17.2. The summed E-state index contributed by atoms with van der Waals surface area (Å²) in [5.74, 6) is 0.278. The van der Waals surface area contributed by atoms with Gasteiger partial charge in [-0.25, -0.2) is 4.68 Å². The molecule has 8 heteroatoms. The molecule has 0 atom stereocenters. The number of furan rings is 1. The van der Waals surface area contributed by atoms with Crippen LogP contribution >= 0.6 is 0 Å². The standard InChI is InChI=1S/C18H25N5O3/c24-18(17-5-3-11-26-17)22-8-4-9-23-16(13-22)15(19-20-23)14-25-12-10-21-6-1-2-7-21/h3,5,11H,1-2,4,6-10,12-14H2. The number of ether oxygens (including phenoxy) is 1. The second-order valence-electron chi connectivity index (χ2n) is 6.86. The Hall–Kier alpha value is -2.19. The van der Waals surface area contributed by atoms with Gasteiger partial charge in [0.15, 0.2) is 5.76 Å². The predicted octanol–water partition coefficient (Wildman–Crippen LogP) is 1.53. The summed E-state index contributed by atoms with van der Waals surface area (Å²) in [4.78, 5) is 16.8. The fourth-order valence-corrected chi connectivity index (χ4v) is 3.60. The fraction of sp³-hybridized carbons (Fsp3) is 0.611. The highest BCUT2D eigenvalue weighted by Crippen LogP contribution is 2.18. The lowest BCUT2D eigenvalue weighted by molar-refractivity contribution is 0.0708. The number of likely N-dealkylation sites (tertiary alicyclic amines) is 1. The third-order valence-electron chi connectivity index (χ3n) is 5.07. The van der Waals surface area contributed by atoms with Crippen molar-refractivity contribution < 1.29 is 13.9 Å². The summed E-state index contributed by atoms with van der Waals surface area (Å²) >= 11 is 0. The van der Waals surface area contributed by atoms with E-state index in [0.717, 1.165) is 30.9 Å². The fourth-order valence-electron chi connectivity index (χ4n) is 3.60. The average Bonchev–Trinajstić information content (AvgIpc) is 3.39. The van der Waals surface area contributed by atoms with Gasteiger partial charge in [0.1, 0.15) is 5.69 Å². The van der Waals surface area contributed by atoms with Crippen LogP contribution in [0, 0.1) is 0 Å². The summed E-state index contributed by atoms with van der Waals surface area (Å²) in [5, 5.41) is 8.52. The number of aromatic nitrogens is 3. The maximum atomic E-state index is 12.6. The molecule has 2 aromatic rings. The Labute approximate surface area is 152 Å². The zero-order valence-electron chi connectivity index (χ0n) is 15.0. The molecule has 1 fully saturated rings. The minimum absolute atomic E-state index is 0.0921. The maximum Gasteiger partial charge on any atom is 0.289 e. The van der Waals surface area contributed by atoms with Crippen molar-refractivity contribution in [1.82, 2.24) is 24.8 Å². The minimum Gasteiger partial charge on any atom is -0.459 e. The van der Waals surface area contributed by atoms with Crippen molar-refractivity contribution >= 4 is 5.91 Å². The molecule has 0 spiro atoms. The number of hydrogen-bond acceptors (Lipinski definition) is 6. The van der Waals surface area contributed by atoms with Gasteiger partial charge in [-0.05, 0) is 44.5 Å². The molecule has 0 aromatic carbocycles. The summed E-state index contributed by atoms with van der Waals surface area (Å²) in [6.07, 6.45) is 4.95. The third-order valence-corrected chi connectivity index (χ3v) is 5.07. The van der Waals surface area contributed by atoms with E-state index >= 15 is 0 Å². The largest absolute Gasteiger partial charge is 0.459 e. The van der Waals surface area contributed by atoms with Crippen LogP contribution in [0.15, 0.2) is 22.8 Å². The van der Waals surface area contributed by atoms with Gasteiger partial charge in [0.05, 0.1) is 31.7 Å². The molecule has 8 nitrogen and oxygen atoms in total. The van der Waals surface area contributed by atoms with Crippen LogP contribution in [0.4, 0.5) is 0 Å². The van der Waals surface area contributed by atoms with Crippen LogP contribution in [0.1, 0.15) is 41.2 Å². The van der Waals surface area contributed by atoms with Crippen LogP contribution in [0.2, 0.25) is 0 Å². The SMILES string of the molecule is O=C(c1ccco1)N1CCCn2nnc(COCCN3CCCC3)c2C1. The van der Waals surface area contributed by atoms with Gasteiger partial charge >= 0.3 is 0 Å². The lowest BCUT2D eigenvalue weighted by Crippen LogP contribution is -2.30. The van der Waals surface area contributed by atoms with E-state index in [-0.39, 0.29) is 5.91 Å². The number of carbonyl (C=O) groups is 1. The highest BCUT2D eigenvalue weighted by molar-refractivity contribution is 5.91. The van der Waals surface area contributed by atoms with E-state index in [1.165, 1.54) is 32.2 Å². The number of carbonyl (C=O) groups excluding carboxylic acids is 1. The number of amides is 1. The van der Waals surface area contributed by atoms with E-state index in [9.17, 15) is 4.79 Å². The zero-order valence-corrected chi connectivity index (χ0v) is 15.0. The van der Waals surface area contributed by atoms with Crippen molar-refractivity contribution in [3.63, 3.8) is 0 Å². The molecule has 26 heavy (non-hydrogen) atoms. The lowest BCUT2D eigenvalue weighted by atomic mass is 10.3. The Kier molecular flexibility index (Phi) is 5.31. The van der Waals surface area contributed by atoms with E-state index < -0.39 is 0 Å². The van der Waals surface area contributed by atoms with Crippen molar-refractivity contribution in [3.8, 4) is 0 Å². The average molecular weight is 359 g/mol. The van der Waals surface area contributed by atoms with Gasteiger partial charge in [-0.1, -0.05) is 5.21 Å². The number of nitrogens with zero attached hydrogens (tertiary/aromatic N) is 5. The zero-order chi connectivity index (χ0) is 17.8. The summed E-state index contributed by atoms with van der Waals surface area (Å²) in [7, 11) is 0. The molecule has 4 rings (SSSR count). The minimum atomic E-state index is -0.0921. The first-order valence-corrected chi connectivity index (χ1v) is 9.35. The van der Waals surface area contributed by atoms with E-state index in [1.807, 2.05) is 4.68 Å². The monoisotopic (exact) mass is 359 g/mol. The van der Waals surface area contributed by atoms with E-state index in [4.69, 9.17) is 9.15 Å². The third kappa shape index (κ3) is 3.81. The Morgan fingerprint density at radius 2 is 2.08 bits per heavy atom. The normalized spacial score (nSPS) is 18.1. The molecule has 1 amide bonds. The van der Waals surface area contributed by atoms with Crippen molar-refractivity contribution in [2.24, 2.45) is 0 Å². The molecule has 4 heterocycles. The topological polar surface area (TPSA) is 76.6 Å². The summed E-state index contributed by atoms with van der Waals surface area (Å²) < 4.78 is 13.0. The van der Waals surface area contributed by atoms with Crippen molar-refractivity contribution in [2.75, 3.05) is 32.8 Å². The number of aryl methyl sites for hydroxylation is 1. The van der Waals surface area contributed by atoms with Crippen LogP contribution in [0.25, 0.3) is 0 Å². The summed E-state index contributed by atoms with van der Waals surface area (Å²) in [5.41, 5.74) is 1.79. The van der Waals surface area contributed by atoms with Crippen LogP contribution in [-0.2, 0) is 24.4 Å². The van der Waals surface area contributed by atoms with Crippen molar-refractivity contribution in [2.45, 2.75) is 39.0 Å². The van der Waals surface area contributed by atoms with Gasteiger partial charge in [-0.15, -0.1) is 5.10 Å². The van der Waals surface area contributed by atoms with Gasteiger partial charge in [-0.2, -0.15) is 0 Å². The molecular formula is C18H25N5O3. The molecule has 0 aliphatic carbocycles. The summed E-state index contributed by atoms with van der Waals surface area (Å²) in [6.45, 7) is 6.37. The molecule has 1 saturated heterocycles. The van der Waals surface area contributed by atoms with E-state index in [2.05, 4.69) is 15.2 Å². The van der Waals surface area contributed by atoms with Crippen LogP contribution in [0.5, 0.6) is 0 Å². The Morgan fingerprint density at radius 1 is 1.19 bits per heavy atom. The van der Waals surface area contributed by atoms with Crippen LogP contribution in [-0.4, -0.2) is 63.5 Å². The molecule has 0 N–H and O–H groups in total. The number of hydrogen-bond donors (Lipinski definition) is 0. The maximum absolute atomic E-state index is 12.6. The molecule has 0 bridgehead atoms. The molecule has 2 aliphatic heterocycles. The van der Waals surface area contributed by atoms with Crippen molar-refractivity contribution in [3.05, 3.63) is 35.5 Å². The lowest BCUT2D eigenvalue weighted by Gasteiger charge is -2.19. The molecular weight excluding hydrogens is 334 g/mol. The first-order valence-electron chi connectivity index (χ1n) is 9.35. The Morgan fingerprint density at radius 3 is 2.88 bits per heavy atom. The van der Waals surface area contributed by atoms with Gasteiger partial charge in [0.2, 0.25) is 0 Å². The molecule has 2 aromatic heterocycles. The molecule has 140 valence electrons. The van der Waals surface area contributed by atoms with Gasteiger partial charge in [0.25, 0.3) is 5.91 Å². The van der Waals surface area contributed by atoms with E-state index in [1.54, 1.807) is 17.0 Å². The smallest absolute Gasteiger partial charge is 0.289 e. The van der Waals surface area contributed by atoms with Crippen LogP contribution in [0.3, 0.4) is 0 Å². The predicted molar refractivity (Wildman–Crippen MR) is 93.4 cm³/mol. The highest BCUT2D eigenvalue weighted by atomic mass is 16.5. The number of rotatable bonds is 6. The van der Waals surface area contributed by atoms with E-state index in [0.29, 0.717) is 32.1 Å². The Balaban J connectivity index is 1.37.